The molecule has 0 amide bonds. The van der Waals surface area contributed by atoms with E-state index in [1.54, 1.807) is 27.7 Å². The Balaban J connectivity index is 3.10. The number of ether oxygens (including phenoxy) is 5. The van der Waals surface area contributed by atoms with Crippen molar-refractivity contribution in [1.82, 2.24) is 0 Å². The molecular formula is C18H28O10. The lowest BCUT2D eigenvalue weighted by Gasteiger charge is -2.28. The summed E-state index contributed by atoms with van der Waals surface area (Å²) < 4.78 is 26.1. The van der Waals surface area contributed by atoms with E-state index in [2.05, 4.69) is 0 Å². The van der Waals surface area contributed by atoms with Crippen LogP contribution in [0.1, 0.15) is 53.4 Å². The third-order valence-electron chi connectivity index (χ3n) is 3.97. The number of carbonyl (C=O) groups excluding carboxylic acids is 4. The van der Waals surface area contributed by atoms with Crippen molar-refractivity contribution in [1.29, 1.82) is 0 Å². The summed E-state index contributed by atoms with van der Waals surface area (Å²) in [6, 6.07) is 0. The molecular weight excluding hydrogens is 376 g/mol. The Morgan fingerprint density at radius 3 is 1.82 bits per heavy atom. The van der Waals surface area contributed by atoms with E-state index < -0.39 is 54.6 Å². The molecule has 5 atom stereocenters. The molecule has 10 nitrogen and oxygen atoms in total. The molecule has 0 saturated carbocycles. The fourth-order valence-corrected chi connectivity index (χ4v) is 2.42. The molecule has 0 bridgehead atoms. The van der Waals surface area contributed by atoms with Gasteiger partial charge in [0, 0.05) is 25.7 Å². The molecule has 1 unspecified atom stereocenters. The molecule has 1 fully saturated rings. The van der Waals surface area contributed by atoms with Gasteiger partial charge in [-0.05, 0) is 0 Å². The van der Waals surface area contributed by atoms with Gasteiger partial charge in [-0.3, -0.25) is 19.2 Å². The number of aliphatic hydroxyl groups is 1. The van der Waals surface area contributed by atoms with Crippen molar-refractivity contribution in [2.45, 2.75) is 84.1 Å². The zero-order valence-electron chi connectivity index (χ0n) is 16.5. The molecule has 10 heteroatoms. The van der Waals surface area contributed by atoms with Crippen LogP contribution in [0.3, 0.4) is 0 Å². The van der Waals surface area contributed by atoms with Gasteiger partial charge >= 0.3 is 23.9 Å². The zero-order valence-corrected chi connectivity index (χ0v) is 16.5. The van der Waals surface area contributed by atoms with Crippen molar-refractivity contribution in [2.75, 3.05) is 6.61 Å². The van der Waals surface area contributed by atoms with Crippen molar-refractivity contribution < 1.29 is 48.0 Å². The van der Waals surface area contributed by atoms with Crippen LogP contribution in [0, 0.1) is 0 Å². The first-order valence-corrected chi connectivity index (χ1v) is 9.34. The molecule has 1 aliphatic heterocycles. The van der Waals surface area contributed by atoms with Crippen LogP contribution in [-0.2, 0) is 42.9 Å². The SMILES string of the molecule is CCC(=O)OC[C@@H](OC(=O)CC)[C@H]1OC(O)[C@H](OC(=O)CC)[C@H]1OC(=O)CC. The van der Waals surface area contributed by atoms with Gasteiger partial charge < -0.3 is 28.8 Å². The molecule has 0 aromatic carbocycles. The van der Waals surface area contributed by atoms with Crippen LogP contribution in [-0.4, -0.2) is 66.3 Å². The van der Waals surface area contributed by atoms with Crippen molar-refractivity contribution >= 4 is 23.9 Å². The van der Waals surface area contributed by atoms with Crippen LogP contribution in [0.15, 0.2) is 0 Å². The van der Waals surface area contributed by atoms with Gasteiger partial charge in [-0.1, -0.05) is 27.7 Å². The fourth-order valence-electron chi connectivity index (χ4n) is 2.42. The highest BCUT2D eigenvalue weighted by molar-refractivity contribution is 5.71. The van der Waals surface area contributed by atoms with E-state index in [1.807, 2.05) is 0 Å². The Hall–Kier alpha value is -2.20. The standard InChI is InChI=1S/C18H28O10/c1-5-11(19)24-9-10(25-12(20)6-2)15-16(26-13(21)7-3)17(18(23)28-15)27-14(22)8-4/h10,15-18,23H,5-9H2,1-4H3/t10-,15-,16+,17-,18?/m1/s1. The summed E-state index contributed by atoms with van der Waals surface area (Å²) in [7, 11) is 0. The number of carbonyl (C=O) groups is 4. The molecule has 0 aromatic heterocycles. The van der Waals surface area contributed by atoms with E-state index in [0.29, 0.717) is 0 Å². The number of esters is 4. The lowest BCUT2D eigenvalue weighted by Crippen LogP contribution is -2.47. The normalized spacial score (nSPS) is 24.9. The summed E-state index contributed by atoms with van der Waals surface area (Å²) >= 11 is 0. The summed E-state index contributed by atoms with van der Waals surface area (Å²) in [5.74, 6) is -2.40. The minimum Gasteiger partial charge on any atom is -0.462 e. The lowest BCUT2D eigenvalue weighted by atomic mass is 10.1. The highest BCUT2D eigenvalue weighted by Gasteiger charge is 2.53. The predicted octanol–water partition coefficient (Wildman–Crippen LogP) is 0.622. The number of hydrogen-bond donors (Lipinski definition) is 1. The average molecular weight is 404 g/mol. The first-order chi connectivity index (χ1) is 13.3. The second kappa shape index (κ2) is 11.6. The van der Waals surface area contributed by atoms with Crippen molar-refractivity contribution in [3.05, 3.63) is 0 Å². The van der Waals surface area contributed by atoms with E-state index in [0.717, 1.165) is 0 Å². The maximum absolute atomic E-state index is 11.8. The molecule has 1 heterocycles. The minimum absolute atomic E-state index is 0.0258. The Morgan fingerprint density at radius 1 is 0.821 bits per heavy atom. The van der Waals surface area contributed by atoms with E-state index in [-0.39, 0.29) is 32.3 Å². The van der Waals surface area contributed by atoms with Gasteiger partial charge in [0.15, 0.2) is 24.6 Å². The smallest absolute Gasteiger partial charge is 0.306 e. The Bertz CT molecular complexity index is 561. The Labute approximate surface area is 163 Å². The molecule has 1 aliphatic rings. The largest absolute Gasteiger partial charge is 0.462 e. The van der Waals surface area contributed by atoms with Crippen LogP contribution in [0.5, 0.6) is 0 Å². The average Bonchev–Trinajstić information content (AvgIpc) is 2.99. The third-order valence-corrected chi connectivity index (χ3v) is 3.97. The first-order valence-electron chi connectivity index (χ1n) is 9.34. The second-order valence-corrected chi connectivity index (χ2v) is 6.03. The quantitative estimate of drug-likeness (QED) is 0.408. The maximum Gasteiger partial charge on any atom is 0.306 e. The van der Waals surface area contributed by atoms with E-state index >= 15 is 0 Å². The predicted molar refractivity (Wildman–Crippen MR) is 92.6 cm³/mol. The summed E-state index contributed by atoms with van der Waals surface area (Å²) in [6.45, 7) is 5.92. The second-order valence-electron chi connectivity index (χ2n) is 6.03. The van der Waals surface area contributed by atoms with Gasteiger partial charge in [0.2, 0.25) is 0 Å². The van der Waals surface area contributed by atoms with Crippen molar-refractivity contribution in [3.63, 3.8) is 0 Å². The highest BCUT2D eigenvalue weighted by Crippen LogP contribution is 2.30. The monoisotopic (exact) mass is 404 g/mol. The topological polar surface area (TPSA) is 135 Å². The molecule has 28 heavy (non-hydrogen) atoms. The first kappa shape index (κ1) is 23.8. The molecule has 1 saturated heterocycles. The van der Waals surface area contributed by atoms with Gasteiger partial charge in [-0.25, -0.2) is 0 Å². The summed E-state index contributed by atoms with van der Waals surface area (Å²) in [6.07, 6.45) is -6.32. The molecule has 0 aromatic rings. The van der Waals surface area contributed by atoms with Gasteiger partial charge in [0.1, 0.15) is 12.7 Å². The van der Waals surface area contributed by atoms with Crippen LogP contribution in [0.2, 0.25) is 0 Å². The lowest BCUT2D eigenvalue weighted by molar-refractivity contribution is -0.186. The zero-order chi connectivity index (χ0) is 21.3. The Kier molecular flexibility index (Phi) is 9.88. The fraction of sp³-hybridized carbons (Fsp3) is 0.778. The van der Waals surface area contributed by atoms with Crippen molar-refractivity contribution in [3.8, 4) is 0 Å². The van der Waals surface area contributed by atoms with Crippen LogP contribution < -0.4 is 0 Å². The van der Waals surface area contributed by atoms with Crippen LogP contribution in [0.4, 0.5) is 0 Å². The highest BCUT2D eigenvalue weighted by atomic mass is 16.7. The minimum atomic E-state index is -1.61. The van der Waals surface area contributed by atoms with Gasteiger partial charge in [0.05, 0.1) is 0 Å². The number of hydrogen-bond acceptors (Lipinski definition) is 10. The van der Waals surface area contributed by atoms with Crippen molar-refractivity contribution in [2.24, 2.45) is 0 Å². The molecule has 1 N–H and O–H groups in total. The van der Waals surface area contributed by atoms with Gasteiger partial charge in [0.25, 0.3) is 0 Å². The summed E-state index contributed by atoms with van der Waals surface area (Å²) in [5, 5.41) is 10.2. The molecule has 1 rings (SSSR count). The van der Waals surface area contributed by atoms with E-state index in [4.69, 9.17) is 23.7 Å². The summed E-state index contributed by atoms with van der Waals surface area (Å²) in [4.78, 5) is 46.8. The van der Waals surface area contributed by atoms with Gasteiger partial charge in [-0.15, -0.1) is 0 Å². The Morgan fingerprint density at radius 2 is 1.32 bits per heavy atom. The molecule has 0 aliphatic carbocycles. The third kappa shape index (κ3) is 6.75. The number of rotatable bonds is 10. The van der Waals surface area contributed by atoms with Gasteiger partial charge in [-0.2, -0.15) is 0 Å². The van der Waals surface area contributed by atoms with E-state index in [1.165, 1.54) is 0 Å². The van der Waals surface area contributed by atoms with Crippen LogP contribution >= 0.6 is 0 Å². The molecule has 0 spiro atoms. The van der Waals surface area contributed by atoms with E-state index in [9.17, 15) is 24.3 Å². The molecule has 0 radical (unpaired) electrons. The summed E-state index contributed by atoms with van der Waals surface area (Å²) in [5.41, 5.74) is 0. The number of aliphatic hydroxyl groups excluding tert-OH is 1. The van der Waals surface area contributed by atoms with Crippen LogP contribution in [0.25, 0.3) is 0 Å². The molecule has 160 valence electrons. The maximum atomic E-state index is 11.8.